The molecule has 0 bridgehead atoms. The lowest BCUT2D eigenvalue weighted by Crippen LogP contribution is -2.15. The van der Waals surface area contributed by atoms with E-state index in [9.17, 15) is 17.2 Å². The zero-order valence-electron chi connectivity index (χ0n) is 14.1. The van der Waals surface area contributed by atoms with Crippen LogP contribution in [-0.4, -0.2) is 13.4 Å². The number of nitrogens with zero attached hydrogens (tertiary/aromatic N) is 1. The van der Waals surface area contributed by atoms with Gasteiger partial charge in [0.15, 0.2) is 0 Å². The average Bonchev–Trinajstić information content (AvgIpc) is 2.56. The lowest BCUT2D eigenvalue weighted by Gasteiger charge is -2.12. The highest BCUT2D eigenvalue weighted by molar-refractivity contribution is 7.92. The first-order valence-corrected chi connectivity index (χ1v) is 9.28. The predicted octanol–water partition coefficient (Wildman–Crippen LogP) is 4.44. The molecule has 1 heterocycles. The minimum absolute atomic E-state index is 0.122. The summed E-state index contributed by atoms with van der Waals surface area (Å²) in [6.07, 6.45) is 0. The van der Waals surface area contributed by atoms with Crippen LogP contribution in [0.15, 0.2) is 59.5 Å². The molecule has 0 amide bonds. The number of rotatable bonds is 4. The van der Waals surface area contributed by atoms with Crippen molar-refractivity contribution in [2.45, 2.75) is 18.7 Å². The van der Waals surface area contributed by atoms with Crippen LogP contribution in [0.3, 0.4) is 0 Å². The van der Waals surface area contributed by atoms with Crippen LogP contribution < -0.4 is 4.72 Å². The summed E-state index contributed by atoms with van der Waals surface area (Å²) in [6.45, 7) is 3.33. The van der Waals surface area contributed by atoms with Gasteiger partial charge < -0.3 is 0 Å². The Morgan fingerprint density at radius 2 is 1.62 bits per heavy atom. The number of halogens is 2. The van der Waals surface area contributed by atoms with Crippen LogP contribution in [0.1, 0.15) is 11.3 Å². The number of hydrogen-bond acceptors (Lipinski definition) is 3. The molecule has 1 N–H and O–H groups in total. The summed E-state index contributed by atoms with van der Waals surface area (Å²) >= 11 is 0. The largest absolute Gasteiger partial charge is 0.263 e. The van der Waals surface area contributed by atoms with Crippen LogP contribution in [0.2, 0.25) is 0 Å². The number of nitrogens with one attached hydrogen (secondary N) is 1. The Kier molecular flexibility index (Phi) is 4.73. The Labute approximate surface area is 150 Å². The molecular weight excluding hydrogens is 358 g/mol. The molecular formula is C19H16F2N2O2S. The van der Waals surface area contributed by atoms with Crippen LogP contribution in [0.4, 0.5) is 14.6 Å². The normalized spacial score (nSPS) is 11.4. The summed E-state index contributed by atoms with van der Waals surface area (Å²) < 4.78 is 54.5. The number of aromatic nitrogens is 1. The highest BCUT2D eigenvalue weighted by Gasteiger charge is 2.18. The van der Waals surface area contributed by atoms with E-state index in [4.69, 9.17) is 0 Å². The second kappa shape index (κ2) is 6.84. The standard InChI is InChI=1S/C19H16F2N2O2S/c1-12-5-3-4-6-18(12)26(24,25)23-19-10-9-15(13(2)22-19)16-8-7-14(20)11-17(16)21/h3-11H,1-2H3,(H,22,23). The monoisotopic (exact) mass is 374 g/mol. The van der Waals surface area contributed by atoms with Crippen molar-refractivity contribution in [3.63, 3.8) is 0 Å². The molecule has 0 fully saturated rings. The lowest BCUT2D eigenvalue weighted by molar-refractivity contribution is 0.585. The Balaban J connectivity index is 1.94. The summed E-state index contributed by atoms with van der Waals surface area (Å²) in [7, 11) is -3.79. The van der Waals surface area contributed by atoms with Gasteiger partial charge in [0.2, 0.25) is 0 Å². The summed E-state index contributed by atoms with van der Waals surface area (Å²) in [5.41, 5.74) is 1.69. The number of pyridine rings is 1. The fourth-order valence-electron chi connectivity index (χ4n) is 2.66. The van der Waals surface area contributed by atoms with Gasteiger partial charge in [-0.25, -0.2) is 22.2 Å². The van der Waals surface area contributed by atoms with Crippen molar-refractivity contribution in [2.24, 2.45) is 0 Å². The van der Waals surface area contributed by atoms with E-state index in [2.05, 4.69) is 9.71 Å². The fraction of sp³-hybridized carbons (Fsp3) is 0.105. The highest BCUT2D eigenvalue weighted by atomic mass is 32.2. The van der Waals surface area contributed by atoms with Gasteiger partial charge in [0.1, 0.15) is 17.5 Å². The molecule has 4 nitrogen and oxygen atoms in total. The van der Waals surface area contributed by atoms with E-state index in [1.165, 1.54) is 18.2 Å². The molecule has 3 rings (SSSR count). The maximum Gasteiger partial charge on any atom is 0.263 e. The smallest absolute Gasteiger partial charge is 0.263 e. The van der Waals surface area contributed by atoms with E-state index < -0.39 is 21.7 Å². The number of benzene rings is 2. The van der Waals surface area contributed by atoms with Crippen molar-refractivity contribution in [1.29, 1.82) is 0 Å². The van der Waals surface area contributed by atoms with Crippen molar-refractivity contribution >= 4 is 15.8 Å². The van der Waals surface area contributed by atoms with Crippen LogP contribution in [0.25, 0.3) is 11.1 Å². The summed E-state index contributed by atoms with van der Waals surface area (Å²) in [5, 5.41) is 0. The van der Waals surface area contributed by atoms with Crippen LogP contribution in [0, 0.1) is 25.5 Å². The van der Waals surface area contributed by atoms with Gasteiger partial charge in [-0.05, 0) is 49.7 Å². The van der Waals surface area contributed by atoms with Gasteiger partial charge in [0.05, 0.1) is 4.90 Å². The van der Waals surface area contributed by atoms with Crippen molar-refractivity contribution in [1.82, 2.24) is 4.98 Å². The first kappa shape index (κ1) is 18.0. The molecule has 0 spiro atoms. The van der Waals surface area contributed by atoms with Gasteiger partial charge in [0.25, 0.3) is 10.0 Å². The Bertz CT molecular complexity index is 1080. The van der Waals surface area contributed by atoms with Crippen LogP contribution in [-0.2, 0) is 10.0 Å². The van der Waals surface area contributed by atoms with Crippen molar-refractivity contribution < 1.29 is 17.2 Å². The Morgan fingerprint density at radius 1 is 0.923 bits per heavy atom. The SMILES string of the molecule is Cc1ccccc1S(=O)(=O)Nc1ccc(-c2ccc(F)cc2F)c(C)n1. The molecule has 7 heteroatoms. The predicted molar refractivity (Wildman–Crippen MR) is 96.3 cm³/mol. The summed E-state index contributed by atoms with van der Waals surface area (Å²) in [5.74, 6) is -1.25. The topological polar surface area (TPSA) is 59.1 Å². The minimum atomic E-state index is -3.79. The molecule has 0 aliphatic carbocycles. The number of aryl methyl sites for hydroxylation is 2. The molecule has 0 aliphatic rings. The molecule has 0 atom stereocenters. The zero-order chi connectivity index (χ0) is 18.9. The van der Waals surface area contributed by atoms with E-state index in [0.29, 0.717) is 16.8 Å². The van der Waals surface area contributed by atoms with Gasteiger partial charge in [-0.15, -0.1) is 0 Å². The molecule has 0 radical (unpaired) electrons. The van der Waals surface area contributed by atoms with Gasteiger partial charge in [0, 0.05) is 22.9 Å². The molecule has 0 unspecified atom stereocenters. The third-order valence-electron chi connectivity index (χ3n) is 3.93. The van der Waals surface area contributed by atoms with Gasteiger partial charge in [-0.1, -0.05) is 18.2 Å². The second-order valence-electron chi connectivity index (χ2n) is 5.82. The number of hydrogen-bond donors (Lipinski definition) is 1. The number of sulfonamides is 1. The molecule has 3 aromatic rings. The maximum absolute atomic E-state index is 14.0. The molecule has 0 saturated carbocycles. The number of anilines is 1. The van der Waals surface area contributed by atoms with E-state index in [1.54, 1.807) is 38.1 Å². The first-order valence-electron chi connectivity index (χ1n) is 7.79. The van der Waals surface area contributed by atoms with Crippen LogP contribution in [0.5, 0.6) is 0 Å². The molecule has 134 valence electrons. The molecule has 1 aromatic heterocycles. The van der Waals surface area contributed by atoms with Crippen molar-refractivity contribution in [3.05, 3.63) is 77.5 Å². The quantitative estimate of drug-likeness (QED) is 0.734. The highest BCUT2D eigenvalue weighted by Crippen LogP contribution is 2.27. The minimum Gasteiger partial charge on any atom is -0.263 e. The summed E-state index contributed by atoms with van der Waals surface area (Å²) in [4.78, 5) is 4.36. The van der Waals surface area contributed by atoms with E-state index in [0.717, 1.165) is 12.1 Å². The molecule has 26 heavy (non-hydrogen) atoms. The van der Waals surface area contributed by atoms with E-state index in [1.807, 2.05) is 0 Å². The lowest BCUT2D eigenvalue weighted by atomic mass is 10.0. The van der Waals surface area contributed by atoms with Gasteiger partial charge in [-0.2, -0.15) is 0 Å². The molecule has 0 aliphatic heterocycles. The molecule has 2 aromatic carbocycles. The Hall–Kier alpha value is -2.80. The van der Waals surface area contributed by atoms with Crippen molar-refractivity contribution in [2.75, 3.05) is 4.72 Å². The van der Waals surface area contributed by atoms with Crippen molar-refractivity contribution in [3.8, 4) is 11.1 Å². The average molecular weight is 374 g/mol. The van der Waals surface area contributed by atoms with E-state index in [-0.39, 0.29) is 16.3 Å². The van der Waals surface area contributed by atoms with Crippen LogP contribution >= 0.6 is 0 Å². The fourth-order valence-corrected chi connectivity index (χ4v) is 3.91. The first-order chi connectivity index (χ1) is 12.3. The summed E-state index contributed by atoms with van der Waals surface area (Å²) in [6, 6.07) is 12.9. The third kappa shape index (κ3) is 3.57. The second-order valence-corrected chi connectivity index (χ2v) is 7.48. The zero-order valence-corrected chi connectivity index (χ0v) is 14.9. The van der Waals surface area contributed by atoms with Gasteiger partial charge >= 0.3 is 0 Å². The Morgan fingerprint density at radius 3 is 2.27 bits per heavy atom. The van der Waals surface area contributed by atoms with E-state index >= 15 is 0 Å². The third-order valence-corrected chi connectivity index (χ3v) is 5.44. The van der Waals surface area contributed by atoms with Gasteiger partial charge in [-0.3, -0.25) is 4.72 Å². The maximum atomic E-state index is 14.0. The molecule has 0 saturated heterocycles.